The fourth-order valence-electron chi connectivity index (χ4n) is 4.12. The minimum absolute atomic E-state index is 0.205. The summed E-state index contributed by atoms with van der Waals surface area (Å²) < 4.78 is 5.85. The Bertz CT molecular complexity index is 362. The molecule has 0 amide bonds. The van der Waals surface area contributed by atoms with Crippen LogP contribution in [0.1, 0.15) is 53.9 Å². The zero-order valence-corrected chi connectivity index (χ0v) is 10.6. The maximum Gasteiger partial charge on any atom is 0.0960 e. The van der Waals surface area contributed by atoms with E-state index in [0.717, 1.165) is 0 Å². The van der Waals surface area contributed by atoms with Gasteiger partial charge in [0.15, 0.2) is 0 Å². The lowest BCUT2D eigenvalue weighted by molar-refractivity contribution is 0.272. The first-order chi connectivity index (χ1) is 6.75. The van der Waals surface area contributed by atoms with E-state index in [9.17, 15) is 0 Å². The molecule has 2 atom stereocenters. The monoisotopic (exact) mass is 206 g/mol. The van der Waals surface area contributed by atoms with E-state index in [-0.39, 0.29) is 5.60 Å². The van der Waals surface area contributed by atoms with Crippen LogP contribution in [-0.2, 0) is 4.74 Å². The molecule has 2 aliphatic carbocycles. The van der Waals surface area contributed by atoms with Gasteiger partial charge in [-0.25, -0.2) is 0 Å². The topological polar surface area (TPSA) is 12.5 Å². The lowest BCUT2D eigenvalue weighted by Crippen LogP contribution is -2.22. The van der Waals surface area contributed by atoms with E-state index in [4.69, 9.17) is 4.74 Å². The molecule has 0 bridgehead atoms. The molecule has 1 saturated heterocycles. The minimum atomic E-state index is 0.205. The van der Waals surface area contributed by atoms with Gasteiger partial charge in [0, 0.05) is 6.42 Å². The number of ether oxygens (including phenoxy) is 1. The lowest BCUT2D eigenvalue weighted by atomic mass is 9.76. The summed E-state index contributed by atoms with van der Waals surface area (Å²) in [6.45, 7) is 11.9. The van der Waals surface area contributed by atoms with Crippen molar-refractivity contribution in [2.45, 2.75) is 65.6 Å². The van der Waals surface area contributed by atoms with Gasteiger partial charge in [0.25, 0.3) is 0 Å². The van der Waals surface area contributed by atoms with Crippen LogP contribution >= 0.6 is 0 Å². The molecule has 2 unspecified atom stereocenters. The van der Waals surface area contributed by atoms with Gasteiger partial charge in [0.05, 0.1) is 11.7 Å². The van der Waals surface area contributed by atoms with Gasteiger partial charge < -0.3 is 4.74 Å². The van der Waals surface area contributed by atoms with Gasteiger partial charge in [-0.3, -0.25) is 0 Å². The summed E-state index contributed by atoms with van der Waals surface area (Å²) in [5.41, 5.74) is 4.44. The highest BCUT2D eigenvalue weighted by atomic mass is 16.6. The van der Waals surface area contributed by atoms with Crippen molar-refractivity contribution in [3.8, 4) is 0 Å². The largest absolute Gasteiger partial charge is 0.366 e. The zero-order chi connectivity index (χ0) is 11.1. The number of rotatable bonds is 0. The second kappa shape index (κ2) is 2.34. The van der Waals surface area contributed by atoms with E-state index in [1.807, 2.05) is 0 Å². The molecule has 0 aromatic carbocycles. The van der Waals surface area contributed by atoms with Crippen LogP contribution in [0.15, 0.2) is 11.1 Å². The van der Waals surface area contributed by atoms with Crippen molar-refractivity contribution in [2.75, 3.05) is 0 Å². The number of fused-ring (bicyclic) bond motifs is 1. The molecule has 0 aromatic rings. The van der Waals surface area contributed by atoms with Crippen LogP contribution in [0.5, 0.6) is 0 Å². The smallest absolute Gasteiger partial charge is 0.0960 e. The van der Waals surface area contributed by atoms with Crippen molar-refractivity contribution in [3.63, 3.8) is 0 Å². The first-order valence-corrected chi connectivity index (χ1v) is 6.15. The average Bonchev–Trinajstić information content (AvgIpc) is 2.66. The molecule has 1 heteroatoms. The maximum atomic E-state index is 5.85. The quantitative estimate of drug-likeness (QED) is 0.435. The van der Waals surface area contributed by atoms with Gasteiger partial charge in [-0.2, -0.15) is 0 Å². The van der Waals surface area contributed by atoms with Crippen LogP contribution in [0.4, 0.5) is 0 Å². The van der Waals surface area contributed by atoms with Gasteiger partial charge in [-0.05, 0) is 30.6 Å². The molecule has 1 heterocycles. The fourth-order valence-corrected chi connectivity index (χ4v) is 4.12. The highest BCUT2D eigenvalue weighted by molar-refractivity contribution is 5.39. The first kappa shape index (κ1) is 9.89. The van der Waals surface area contributed by atoms with Gasteiger partial charge >= 0.3 is 0 Å². The zero-order valence-electron chi connectivity index (χ0n) is 10.6. The van der Waals surface area contributed by atoms with E-state index < -0.39 is 0 Å². The van der Waals surface area contributed by atoms with Crippen LogP contribution in [0.2, 0.25) is 0 Å². The molecule has 0 spiro atoms. The molecule has 1 fully saturated rings. The Morgan fingerprint density at radius 3 is 2.27 bits per heavy atom. The number of hydrogen-bond acceptors (Lipinski definition) is 1. The summed E-state index contributed by atoms with van der Waals surface area (Å²) in [5.74, 6) is 0. The summed E-state index contributed by atoms with van der Waals surface area (Å²) in [5, 5.41) is 0. The summed E-state index contributed by atoms with van der Waals surface area (Å²) in [6.07, 6.45) is 4.23. The molecule has 0 radical (unpaired) electrons. The van der Waals surface area contributed by atoms with Crippen molar-refractivity contribution in [1.29, 1.82) is 0 Å². The van der Waals surface area contributed by atoms with Gasteiger partial charge in [0.2, 0.25) is 0 Å². The molecule has 0 saturated carbocycles. The normalized spacial score (nSPS) is 45.0. The molecule has 0 aromatic heterocycles. The van der Waals surface area contributed by atoms with Crippen molar-refractivity contribution in [3.05, 3.63) is 11.1 Å². The van der Waals surface area contributed by atoms with Crippen LogP contribution in [-0.4, -0.2) is 11.7 Å². The van der Waals surface area contributed by atoms with E-state index in [1.165, 1.54) is 19.3 Å². The third kappa shape index (κ3) is 1.19. The fraction of sp³-hybridized carbons (Fsp3) is 0.857. The average molecular weight is 206 g/mol. The molecule has 1 aliphatic heterocycles. The molecule has 15 heavy (non-hydrogen) atoms. The van der Waals surface area contributed by atoms with Crippen LogP contribution < -0.4 is 0 Å². The Hall–Kier alpha value is -0.300. The highest BCUT2D eigenvalue weighted by Gasteiger charge is 2.60. The van der Waals surface area contributed by atoms with Crippen LogP contribution in [0.3, 0.4) is 0 Å². The van der Waals surface area contributed by atoms with Crippen LogP contribution in [0, 0.1) is 10.8 Å². The Kier molecular flexibility index (Phi) is 1.55. The predicted octanol–water partition coefficient (Wildman–Crippen LogP) is 3.69. The Labute approximate surface area is 92.9 Å². The Balaban J connectivity index is 2.05. The molecule has 3 aliphatic rings. The molecule has 3 rings (SSSR count). The summed E-state index contributed by atoms with van der Waals surface area (Å²) >= 11 is 0. The van der Waals surface area contributed by atoms with Crippen molar-refractivity contribution < 1.29 is 4.74 Å². The first-order valence-electron chi connectivity index (χ1n) is 6.15. The number of hydrogen-bond donors (Lipinski definition) is 0. The third-order valence-corrected chi connectivity index (χ3v) is 4.83. The second-order valence-corrected chi connectivity index (χ2v) is 7.20. The Morgan fingerprint density at radius 1 is 1.00 bits per heavy atom. The molecule has 0 N–H and O–H groups in total. The van der Waals surface area contributed by atoms with E-state index >= 15 is 0 Å². The molecule has 84 valence electrons. The van der Waals surface area contributed by atoms with E-state index in [2.05, 4.69) is 34.6 Å². The van der Waals surface area contributed by atoms with Gasteiger partial charge in [0.1, 0.15) is 0 Å². The van der Waals surface area contributed by atoms with Crippen molar-refractivity contribution in [2.24, 2.45) is 10.8 Å². The standard InChI is InChI=1S/C14H22O/c1-12(2)8-13(3,4)10-7-14(5)11(15-14)6-9(10)12/h11H,6-8H2,1-5H3. The SMILES string of the molecule is CC1(C)CC(C)(C)C2=C1CC1OC1(C)C2. The lowest BCUT2D eigenvalue weighted by Gasteiger charge is -2.26. The molecular weight excluding hydrogens is 184 g/mol. The second-order valence-electron chi connectivity index (χ2n) is 7.20. The van der Waals surface area contributed by atoms with E-state index in [1.54, 1.807) is 11.1 Å². The van der Waals surface area contributed by atoms with Crippen molar-refractivity contribution in [1.82, 2.24) is 0 Å². The predicted molar refractivity (Wildman–Crippen MR) is 61.7 cm³/mol. The Morgan fingerprint density at radius 2 is 1.60 bits per heavy atom. The summed E-state index contributed by atoms with van der Waals surface area (Å²) in [4.78, 5) is 0. The molecular formula is C14H22O. The van der Waals surface area contributed by atoms with Gasteiger partial charge in [-0.15, -0.1) is 0 Å². The maximum absolute atomic E-state index is 5.85. The van der Waals surface area contributed by atoms with Crippen molar-refractivity contribution >= 4 is 0 Å². The highest BCUT2D eigenvalue weighted by Crippen LogP contribution is 2.63. The van der Waals surface area contributed by atoms with Crippen LogP contribution in [0.25, 0.3) is 0 Å². The molecule has 1 nitrogen and oxygen atoms in total. The minimum Gasteiger partial charge on any atom is -0.366 e. The van der Waals surface area contributed by atoms with Gasteiger partial charge in [-0.1, -0.05) is 38.8 Å². The summed E-state index contributed by atoms with van der Waals surface area (Å²) in [6, 6.07) is 0. The summed E-state index contributed by atoms with van der Waals surface area (Å²) in [7, 11) is 0. The third-order valence-electron chi connectivity index (χ3n) is 4.83. The number of epoxide rings is 1. The van der Waals surface area contributed by atoms with E-state index in [0.29, 0.717) is 16.9 Å².